The van der Waals surface area contributed by atoms with Gasteiger partial charge in [-0.3, -0.25) is 4.79 Å². The van der Waals surface area contributed by atoms with Gasteiger partial charge >= 0.3 is 5.69 Å². The van der Waals surface area contributed by atoms with Crippen molar-refractivity contribution in [3.63, 3.8) is 0 Å². The normalized spacial score (nSPS) is 12.3. The Morgan fingerprint density at radius 3 is 2.58 bits per heavy atom. The second kappa shape index (κ2) is 6.72. The highest BCUT2D eigenvalue weighted by atomic mass is 32.2. The van der Waals surface area contributed by atoms with Crippen LogP contribution in [0.1, 0.15) is 6.92 Å². The molecule has 0 saturated heterocycles. The molecule has 1 amide bonds. The average Bonchev–Trinajstić information content (AvgIpc) is 3.01. The summed E-state index contributed by atoms with van der Waals surface area (Å²) in [6.45, 7) is 1.88. The monoisotopic (exact) mass is 363 g/mol. The fourth-order valence-corrected chi connectivity index (χ4v) is 3.77. The third-order valence-corrected chi connectivity index (χ3v) is 5.28. The summed E-state index contributed by atoms with van der Waals surface area (Å²) >= 11 is 1.52. The molecule has 4 rings (SSSR count). The van der Waals surface area contributed by atoms with Gasteiger partial charge in [0.15, 0.2) is 0 Å². The van der Waals surface area contributed by atoms with Gasteiger partial charge in [0.1, 0.15) is 0 Å². The molecule has 0 fully saturated rings. The molecule has 4 aromatic rings. The first-order chi connectivity index (χ1) is 12.6. The molecule has 26 heavy (non-hydrogen) atoms. The molecule has 0 aliphatic rings. The maximum absolute atomic E-state index is 12.5. The predicted octanol–water partition coefficient (Wildman–Crippen LogP) is 4.13. The number of hydrogen-bond donors (Lipinski definition) is 3. The van der Waals surface area contributed by atoms with Crippen molar-refractivity contribution in [2.75, 3.05) is 5.32 Å². The zero-order valence-corrected chi connectivity index (χ0v) is 14.9. The van der Waals surface area contributed by atoms with Gasteiger partial charge in [0, 0.05) is 10.6 Å². The van der Waals surface area contributed by atoms with Crippen LogP contribution in [0.4, 0.5) is 5.69 Å². The maximum atomic E-state index is 12.5. The fraction of sp³-hybridized carbons (Fsp3) is 0.100. The smallest absolute Gasteiger partial charge is 0.323 e. The van der Waals surface area contributed by atoms with Gasteiger partial charge in [0.25, 0.3) is 0 Å². The molecule has 130 valence electrons. The summed E-state index contributed by atoms with van der Waals surface area (Å²) in [5.74, 6) is -0.0830. The third kappa shape index (κ3) is 3.36. The van der Waals surface area contributed by atoms with Crippen LogP contribution in [0.5, 0.6) is 0 Å². The zero-order chi connectivity index (χ0) is 18.1. The van der Waals surface area contributed by atoms with Crippen LogP contribution in [0.15, 0.2) is 70.4 Å². The molecular weight excluding hydrogens is 346 g/mol. The fourth-order valence-electron chi connectivity index (χ4n) is 2.85. The van der Waals surface area contributed by atoms with E-state index in [2.05, 4.69) is 39.6 Å². The van der Waals surface area contributed by atoms with Crippen LogP contribution in [0.3, 0.4) is 0 Å². The van der Waals surface area contributed by atoms with Crippen molar-refractivity contribution in [1.29, 1.82) is 0 Å². The van der Waals surface area contributed by atoms with Crippen LogP contribution in [0, 0.1) is 0 Å². The number of nitrogens with one attached hydrogen (secondary N) is 3. The molecule has 3 aromatic carbocycles. The minimum absolute atomic E-state index is 0.0830. The molecular formula is C20H17N3O2S. The van der Waals surface area contributed by atoms with Gasteiger partial charge in [0.05, 0.1) is 16.3 Å². The minimum Gasteiger partial charge on any atom is -0.325 e. The molecule has 0 saturated carbocycles. The van der Waals surface area contributed by atoms with Gasteiger partial charge in [-0.25, -0.2) is 4.79 Å². The number of anilines is 1. The van der Waals surface area contributed by atoms with Crippen molar-refractivity contribution < 1.29 is 4.79 Å². The number of aromatic amines is 2. The van der Waals surface area contributed by atoms with E-state index >= 15 is 0 Å². The Hall–Kier alpha value is -2.99. The number of carbonyl (C=O) groups excluding carboxylic acids is 1. The van der Waals surface area contributed by atoms with Gasteiger partial charge in [-0.05, 0) is 48.0 Å². The van der Waals surface area contributed by atoms with E-state index in [-0.39, 0.29) is 16.8 Å². The molecule has 0 aliphatic heterocycles. The largest absolute Gasteiger partial charge is 0.325 e. The number of aromatic nitrogens is 2. The number of amides is 1. The second-order valence-electron chi connectivity index (χ2n) is 6.10. The van der Waals surface area contributed by atoms with Crippen LogP contribution >= 0.6 is 11.8 Å². The molecule has 6 heteroatoms. The number of thioether (sulfide) groups is 1. The minimum atomic E-state index is -0.260. The van der Waals surface area contributed by atoms with Crippen molar-refractivity contribution in [3.05, 3.63) is 71.1 Å². The number of imidazole rings is 1. The van der Waals surface area contributed by atoms with Gasteiger partial charge < -0.3 is 15.3 Å². The lowest BCUT2D eigenvalue weighted by Crippen LogP contribution is -2.22. The molecule has 0 aliphatic carbocycles. The first-order valence-corrected chi connectivity index (χ1v) is 9.15. The standard InChI is InChI=1S/C20H17N3O2S/c1-12(26-16-8-6-13-4-2-3-5-14(13)10-16)19(24)21-15-7-9-17-18(11-15)23-20(25)22-17/h2-12H,1H3,(H,21,24)(H2,22,23,25)/t12-/m0/s1. The van der Waals surface area contributed by atoms with Gasteiger partial charge in [-0.15, -0.1) is 11.8 Å². The molecule has 0 bridgehead atoms. The first-order valence-electron chi connectivity index (χ1n) is 8.27. The number of hydrogen-bond acceptors (Lipinski definition) is 3. The van der Waals surface area contributed by atoms with Gasteiger partial charge in [-0.2, -0.15) is 0 Å². The lowest BCUT2D eigenvalue weighted by atomic mass is 10.1. The van der Waals surface area contributed by atoms with E-state index < -0.39 is 0 Å². The van der Waals surface area contributed by atoms with Crippen LogP contribution in [0.2, 0.25) is 0 Å². The lowest BCUT2D eigenvalue weighted by molar-refractivity contribution is -0.115. The third-order valence-electron chi connectivity index (χ3n) is 4.19. The highest BCUT2D eigenvalue weighted by Crippen LogP contribution is 2.27. The van der Waals surface area contributed by atoms with Gasteiger partial charge in [-0.1, -0.05) is 30.3 Å². The molecule has 1 aromatic heterocycles. The molecule has 5 nitrogen and oxygen atoms in total. The van der Waals surface area contributed by atoms with Crippen molar-refractivity contribution >= 4 is 45.2 Å². The van der Waals surface area contributed by atoms with E-state index in [1.165, 1.54) is 17.1 Å². The highest BCUT2D eigenvalue weighted by Gasteiger charge is 2.15. The molecule has 3 N–H and O–H groups in total. The summed E-state index contributed by atoms with van der Waals surface area (Å²) in [4.78, 5) is 30.3. The van der Waals surface area contributed by atoms with E-state index in [1.807, 2.05) is 25.1 Å². The maximum Gasteiger partial charge on any atom is 0.323 e. The van der Waals surface area contributed by atoms with Crippen LogP contribution in [0.25, 0.3) is 21.8 Å². The number of benzene rings is 3. The molecule has 1 heterocycles. The Labute approximate surface area is 153 Å². The Balaban J connectivity index is 1.48. The van der Waals surface area contributed by atoms with Crippen LogP contribution < -0.4 is 11.0 Å². The SMILES string of the molecule is C[C@H](Sc1ccc2ccccc2c1)C(=O)Nc1ccc2[nH]c(=O)[nH]c2c1. The van der Waals surface area contributed by atoms with E-state index in [0.29, 0.717) is 16.7 Å². The van der Waals surface area contributed by atoms with Gasteiger partial charge in [0.2, 0.25) is 5.91 Å². The second-order valence-corrected chi connectivity index (χ2v) is 7.51. The Morgan fingerprint density at radius 2 is 1.73 bits per heavy atom. The lowest BCUT2D eigenvalue weighted by Gasteiger charge is -2.12. The topological polar surface area (TPSA) is 77.8 Å². The Kier molecular flexibility index (Phi) is 4.26. The van der Waals surface area contributed by atoms with Crippen molar-refractivity contribution in [3.8, 4) is 0 Å². The molecule has 0 unspecified atom stereocenters. The summed E-state index contributed by atoms with van der Waals surface area (Å²) in [5, 5.41) is 4.99. The van der Waals surface area contributed by atoms with E-state index in [4.69, 9.17) is 0 Å². The van der Waals surface area contributed by atoms with E-state index in [1.54, 1.807) is 18.2 Å². The van der Waals surface area contributed by atoms with E-state index in [9.17, 15) is 9.59 Å². The summed E-state index contributed by atoms with van der Waals surface area (Å²) in [5.41, 5.74) is 1.78. The summed E-state index contributed by atoms with van der Waals surface area (Å²) in [7, 11) is 0. The Morgan fingerprint density at radius 1 is 0.962 bits per heavy atom. The molecule has 1 atom stereocenters. The van der Waals surface area contributed by atoms with Crippen LogP contribution in [-0.4, -0.2) is 21.1 Å². The highest BCUT2D eigenvalue weighted by molar-refractivity contribution is 8.00. The quantitative estimate of drug-likeness (QED) is 0.477. The number of rotatable bonds is 4. The first kappa shape index (κ1) is 16.5. The Bertz CT molecular complexity index is 1160. The molecule has 0 radical (unpaired) electrons. The predicted molar refractivity (Wildman–Crippen MR) is 107 cm³/mol. The molecule has 0 spiro atoms. The zero-order valence-electron chi connectivity index (χ0n) is 14.1. The summed E-state index contributed by atoms with van der Waals surface area (Å²) in [6, 6.07) is 19.7. The van der Waals surface area contributed by atoms with Crippen LogP contribution in [-0.2, 0) is 4.79 Å². The summed E-state index contributed by atoms with van der Waals surface area (Å²) < 4.78 is 0. The summed E-state index contributed by atoms with van der Waals surface area (Å²) in [6.07, 6.45) is 0. The van der Waals surface area contributed by atoms with E-state index in [0.717, 1.165) is 10.3 Å². The van der Waals surface area contributed by atoms with Crippen molar-refractivity contribution in [2.45, 2.75) is 17.1 Å². The number of fused-ring (bicyclic) bond motifs is 2. The average molecular weight is 363 g/mol. The van der Waals surface area contributed by atoms with Crippen molar-refractivity contribution in [1.82, 2.24) is 9.97 Å². The van der Waals surface area contributed by atoms with Crippen molar-refractivity contribution in [2.24, 2.45) is 0 Å². The number of carbonyl (C=O) groups is 1. The number of H-pyrrole nitrogens is 2.